The Morgan fingerprint density at radius 2 is 1.87 bits per heavy atom. The van der Waals surface area contributed by atoms with Gasteiger partial charge in [0.2, 0.25) is 5.91 Å². The maximum absolute atomic E-state index is 12.1. The second kappa shape index (κ2) is 10.7. The second-order valence-corrected chi connectivity index (χ2v) is 5.31. The molecule has 0 aliphatic heterocycles. The number of hydrogen-bond donors (Lipinski definition) is 3. The molecule has 0 saturated heterocycles. The van der Waals surface area contributed by atoms with E-state index in [1.807, 2.05) is 30.3 Å². The predicted octanol–water partition coefficient (Wildman–Crippen LogP) is 0.495. The molecular weight excluding hydrogens is 296 g/mol. The van der Waals surface area contributed by atoms with Crippen molar-refractivity contribution in [3.63, 3.8) is 0 Å². The van der Waals surface area contributed by atoms with Gasteiger partial charge in [-0.1, -0.05) is 30.3 Å². The van der Waals surface area contributed by atoms with Gasteiger partial charge in [0.05, 0.1) is 6.61 Å². The van der Waals surface area contributed by atoms with Gasteiger partial charge in [0.25, 0.3) is 0 Å². The number of aliphatic hydroxyl groups is 1. The smallest absolute Gasteiger partial charge is 0.323 e. The minimum atomic E-state index is -0.423. The Morgan fingerprint density at radius 1 is 1.17 bits per heavy atom. The molecule has 3 N–H and O–H groups in total. The number of ether oxygens (including phenoxy) is 1. The van der Waals surface area contributed by atoms with Crippen LogP contribution in [0.15, 0.2) is 30.3 Å². The van der Waals surface area contributed by atoms with Crippen molar-refractivity contribution in [2.45, 2.75) is 25.3 Å². The third-order valence-corrected chi connectivity index (χ3v) is 3.72. The van der Waals surface area contributed by atoms with Crippen molar-refractivity contribution in [1.29, 1.82) is 0 Å². The zero-order chi connectivity index (χ0) is 17.1. The summed E-state index contributed by atoms with van der Waals surface area (Å²) < 4.78 is 5.28. The van der Waals surface area contributed by atoms with Crippen molar-refractivity contribution in [2.24, 2.45) is 5.92 Å². The van der Waals surface area contributed by atoms with Crippen LogP contribution in [-0.4, -0.2) is 50.3 Å². The summed E-state index contributed by atoms with van der Waals surface area (Å²) in [5.74, 6) is -0.833. The number of likely N-dealkylation sites (N-methyl/N-ethyl adjacent to an activating group) is 1. The molecule has 23 heavy (non-hydrogen) atoms. The molecule has 1 aromatic rings. The minimum Gasteiger partial charge on any atom is -0.464 e. The lowest BCUT2D eigenvalue weighted by Crippen LogP contribution is -2.38. The number of carbonyl (C=O) groups is 2. The Bertz CT molecular complexity index is 479. The molecule has 0 spiro atoms. The molecule has 0 fully saturated rings. The zero-order valence-corrected chi connectivity index (χ0v) is 13.7. The monoisotopic (exact) mass is 322 g/mol. The first-order valence-electron chi connectivity index (χ1n) is 7.82. The van der Waals surface area contributed by atoms with Crippen molar-refractivity contribution in [1.82, 2.24) is 10.6 Å². The Morgan fingerprint density at radius 3 is 2.43 bits per heavy atom. The number of nitrogens with one attached hydrogen (secondary N) is 2. The molecule has 0 heterocycles. The summed E-state index contributed by atoms with van der Waals surface area (Å²) in [6, 6.07) is 9.28. The van der Waals surface area contributed by atoms with E-state index < -0.39 is 6.04 Å². The van der Waals surface area contributed by atoms with Gasteiger partial charge in [0.15, 0.2) is 0 Å². The lowest BCUT2D eigenvalue weighted by Gasteiger charge is -2.17. The first kappa shape index (κ1) is 19.1. The molecule has 0 aliphatic carbocycles. The Hall–Kier alpha value is -1.92. The summed E-state index contributed by atoms with van der Waals surface area (Å²) >= 11 is 0. The summed E-state index contributed by atoms with van der Waals surface area (Å²) in [7, 11) is 3.27. The number of carbonyl (C=O) groups excluding carboxylic acids is 2. The van der Waals surface area contributed by atoms with Gasteiger partial charge in [-0.05, 0) is 31.9 Å². The number of amides is 1. The van der Waals surface area contributed by atoms with Gasteiger partial charge in [0.1, 0.15) is 6.04 Å². The van der Waals surface area contributed by atoms with Crippen LogP contribution in [0.2, 0.25) is 0 Å². The summed E-state index contributed by atoms with van der Waals surface area (Å²) in [4.78, 5) is 23.8. The number of hydrogen-bond acceptors (Lipinski definition) is 5. The molecule has 6 heteroatoms. The molecule has 0 aromatic heterocycles. The number of aliphatic hydroxyl groups excluding tert-OH is 1. The highest BCUT2D eigenvalue weighted by molar-refractivity contribution is 5.78. The van der Waals surface area contributed by atoms with E-state index in [1.54, 1.807) is 14.1 Å². The molecule has 0 aliphatic rings. The molecule has 2 atom stereocenters. The van der Waals surface area contributed by atoms with Gasteiger partial charge in [-0.3, -0.25) is 9.59 Å². The first-order chi connectivity index (χ1) is 11.1. The molecule has 0 bridgehead atoms. The number of esters is 1. The maximum atomic E-state index is 12.1. The molecule has 1 aromatic carbocycles. The Labute approximate surface area is 137 Å². The molecule has 128 valence electrons. The van der Waals surface area contributed by atoms with E-state index in [-0.39, 0.29) is 31.0 Å². The molecule has 6 nitrogen and oxygen atoms in total. The third kappa shape index (κ3) is 6.80. The van der Waals surface area contributed by atoms with E-state index in [0.717, 1.165) is 5.56 Å². The molecule has 0 saturated carbocycles. The highest BCUT2D eigenvalue weighted by Crippen LogP contribution is 2.10. The first-order valence-corrected chi connectivity index (χ1v) is 7.82. The van der Waals surface area contributed by atoms with Crippen molar-refractivity contribution in [3.05, 3.63) is 35.9 Å². The Kier molecular flexibility index (Phi) is 8.94. The minimum absolute atomic E-state index is 0.0703. The van der Waals surface area contributed by atoms with E-state index in [0.29, 0.717) is 19.3 Å². The van der Waals surface area contributed by atoms with E-state index in [9.17, 15) is 9.59 Å². The van der Waals surface area contributed by atoms with Crippen LogP contribution >= 0.6 is 0 Å². The third-order valence-electron chi connectivity index (χ3n) is 3.72. The van der Waals surface area contributed by atoms with Crippen molar-refractivity contribution in [2.75, 3.05) is 27.3 Å². The van der Waals surface area contributed by atoms with Crippen molar-refractivity contribution < 1.29 is 19.4 Å². The highest BCUT2D eigenvalue weighted by Gasteiger charge is 2.21. The highest BCUT2D eigenvalue weighted by atomic mass is 16.5. The zero-order valence-electron chi connectivity index (χ0n) is 13.7. The maximum Gasteiger partial charge on any atom is 0.323 e. The van der Waals surface area contributed by atoms with Crippen LogP contribution in [0.4, 0.5) is 0 Å². The normalized spacial score (nSPS) is 13.2. The number of rotatable bonds is 10. The average Bonchev–Trinajstić information content (AvgIpc) is 2.58. The van der Waals surface area contributed by atoms with Crippen LogP contribution in [0.1, 0.15) is 18.4 Å². The van der Waals surface area contributed by atoms with E-state index in [4.69, 9.17) is 9.84 Å². The molecule has 0 radical (unpaired) electrons. The fourth-order valence-electron chi connectivity index (χ4n) is 2.32. The van der Waals surface area contributed by atoms with Gasteiger partial charge >= 0.3 is 5.97 Å². The molecular formula is C17H26N2O4. The number of benzene rings is 1. The van der Waals surface area contributed by atoms with Gasteiger partial charge in [-0.2, -0.15) is 0 Å². The van der Waals surface area contributed by atoms with Crippen molar-refractivity contribution >= 4 is 11.9 Å². The summed E-state index contributed by atoms with van der Waals surface area (Å²) in [6.07, 6.45) is 1.30. The Balaban J connectivity index is 2.45. The van der Waals surface area contributed by atoms with Crippen molar-refractivity contribution in [3.8, 4) is 0 Å². The average molecular weight is 322 g/mol. The quantitative estimate of drug-likeness (QED) is 0.546. The largest absolute Gasteiger partial charge is 0.464 e. The fraction of sp³-hybridized carbons (Fsp3) is 0.529. The van der Waals surface area contributed by atoms with Crippen LogP contribution in [0.25, 0.3) is 0 Å². The van der Waals surface area contributed by atoms with Gasteiger partial charge in [-0.25, -0.2) is 0 Å². The fourth-order valence-corrected chi connectivity index (χ4v) is 2.32. The van der Waals surface area contributed by atoms with Crippen LogP contribution in [0, 0.1) is 5.92 Å². The van der Waals surface area contributed by atoms with Gasteiger partial charge in [-0.15, -0.1) is 0 Å². The summed E-state index contributed by atoms with van der Waals surface area (Å²) in [6.45, 7) is 0.0864. The van der Waals surface area contributed by atoms with Crippen LogP contribution in [0.3, 0.4) is 0 Å². The van der Waals surface area contributed by atoms with Crippen LogP contribution in [-0.2, 0) is 20.7 Å². The SMILES string of the molecule is CNC(=O)[C@H](CCO)CCOC(=O)[C@H](Cc1ccccc1)NC. The summed E-state index contributed by atoms with van der Waals surface area (Å²) in [5.41, 5.74) is 1.05. The molecule has 1 amide bonds. The van der Waals surface area contributed by atoms with E-state index in [2.05, 4.69) is 10.6 Å². The molecule has 1 rings (SSSR count). The predicted molar refractivity (Wildman–Crippen MR) is 87.8 cm³/mol. The lowest BCUT2D eigenvalue weighted by molar-refractivity contribution is -0.147. The van der Waals surface area contributed by atoms with E-state index in [1.165, 1.54) is 0 Å². The lowest BCUT2D eigenvalue weighted by atomic mass is 10.0. The molecule has 0 unspecified atom stereocenters. The second-order valence-electron chi connectivity index (χ2n) is 5.31. The van der Waals surface area contributed by atoms with Crippen LogP contribution < -0.4 is 10.6 Å². The standard InChI is InChI=1S/C17H26N2O4/c1-18-15(12-13-6-4-3-5-7-13)17(22)23-11-9-14(8-10-20)16(21)19-2/h3-7,14-15,18,20H,8-12H2,1-2H3,(H,19,21)/t14-,15+/m1/s1. The van der Waals surface area contributed by atoms with Gasteiger partial charge < -0.3 is 20.5 Å². The van der Waals surface area contributed by atoms with E-state index >= 15 is 0 Å². The summed E-state index contributed by atoms with van der Waals surface area (Å²) in [5, 5.41) is 14.5. The van der Waals surface area contributed by atoms with Gasteiger partial charge in [0, 0.05) is 19.6 Å². The van der Waals surface area contributed by atoms with Crippen LogP contribution in [0.5, 0.6) is 0 Å². The topological polar surface area (TPSA) is 87.7 Å².